The highest BCUT2D eigenvalue weighted by molar-refractivity contribution is 5.97. The first kappa shape index (κ1) is 23.5. The summed E-state index contributed by atoms with van der Waals surface area (Å²) < 4.78 is 26.8. The molecule has 0 saturated carbocycles. The van der Waals surface area contributed by atoms with Crippen LogP contribution in [0.1, 0.15) is 36.7 Å². The molecule has 3 aromatic rings. The van der Waals surface area contributed by atoms with Gasteiger partial charge in [0, 0.05) is 6.20 Å². The molecule has 1 fully saturated rings. The minimum absolute atomic E-state index is 0.166. The molecule has 178 valence electrons. The predicted octanol–water partition coefficient (Wildman–Crippen LogP) is 4.04. The third kappa shape index (κ3) is 4.82. The van der Waals surface area contributed by atoms with E-state index in [1.165, 1.54) is 12.1 Å². The molecule has 0 radical (unpaired) electrons. The topological polar surface area (TPSA) is 76.8 Å². The Bertz CT molecular complexity index is 1200. The lowest BCUT2D eigenvalue weighted by atomic mass is 9.98. The highest BCUT2D eigenvalue weighted by atomic mass is 19.1. The summed E-state index contributed by atoms with van der Waals surface area (Å²) in [6, 6.07) is 10.8. The van der Waals surface area contributed by atoms with Crippen LogP contribution in [-0.4, -0.2) is 51.3 Å². The van der Waals surface area contributed by atoms with Gasteiger partial charge in [0.1, 0.15) is 17.7 Å². The largest absolute Gasteiger partial charge is 0.495 e. The van der Waals surface area contributed by atoms with Crippen molar-refractivity contribution < 1.29 is 23.8 Å². The summed E-state index contributed by atoms with van der Waals surface area (Å²) in [7, 11) is 1.58. The van der Waals surface area contributed by atoms with Crippen LogP contribution in [0.2, 0.25) is 0 Å². The van der Waals surface area contributed by atoms with Gasteiger partial charge in [-0.15, -0.1) is 0 Å². The number of aromatic nitrogens is 2. The lowest BCUT2D eigenvalue weighted by Crippen LogP contribution is -2.48. The van der Waals surface area contributed by atoms with Gasteiger partial charge in [-0.1, -0.05) is 18.2 Å². The minimum Gasteiger partial charge on any atom is -0.495 e. The Balaban J connectivity index is 1.67. The normalized spacial score (nSPS) is 19.1. The van der Waals surface area contributed by atoms with Crippen LogP contribution in [0.4, 0.5) is 4.39 Å². The van der Waals surface area contributed by atoms with E-state index in [0.717, 1.165) is 16.9 Å². The van der Waals surface area contributed by atoms with Gasteiger partial charge < -0.3 is 24.0 Å². The smallest absolute Gasteiger partial charge is 0.289 e. The van der Waals surface area contributed by atoms with Gasteiger partial charge in [-0.3, -0.25) is 4.79 Å². The molecular weight excluding hydrogens is 437 g/mol. The molecule has 4 rings (SSSR count). The number of amides is 1. The van der Waals surface area contributed by atoms with Gasteiger partial charge in [-0.05, 0) is 62.2 Å². The number of imidazole rings is 1. The Kier molecular flexibility index (Phi) is 6.70. The zero-order chi connectivity index (χ0) is 24.4. The van der Waals surface area contributed by atoms with Gasteiger partial charge in [0.05, 0.1) is 43.5 Å². The summed E-state index contributed by atoms with van der Waals surface area (Å²) in [6.45, 7) is 5.69. The third-order valence-electron chi connectivity index (χ3n) is 5.75. The maximum atomic E-state index is 13.4. The number of halogens is 1. The number of hydrogen-bond acceptors (Lipinski definition) is 5. The molecule has 8 heteroatoms. The Hall–Kier alpha value is -3.65. The van der Waals surface area contributed by atoms with Crippen molar-refractivity contribution in [2.45, 2.75) is 39.0 Å². The summed E-state index contributed by atoms with van der Waals surface area (Å²) in [5, 5.41) is 10.5. The van der Waals surface area contributed by atoms with E-state index in [1.54, 1.807) is 43.5 Å². The van der Waals surface area contributed by atoms with Crippen molar-refractivity contribution >= 4 is 12.0 Å². The molecule has 1 aliphatic rings. The Morgan fingerprint density at radius 3 is 2.62 bits per heavy atom. The van der Waals surface area contributed by atoms with Gasteiger partial charge in [0.15, 0.2) is 5.76 Å². The molecule has 2 heterocycles. The molecule has 1 saturated heterocycles. The maximum Gasteiger partial charge on any atom is 0.289 e. The lowest BCUT2D eigenvalue weighted by Gasteiger charge is -2.39. The van der Waals surface area contributed by atoms with Gasteiger partial charge in [0.25, 0.3) is 5.91 Å². The zero-order valence-electron chi connectivity index (χ0n) is 19.6. The van der Waals surface area contributed by atoms with Crippen molar-refractivity contribution in [2.24, 2.45) is 0 Å². The molecule has 1 N–H and O–H groups in total. The maximum absolute atomic E-state index is 13.4. The van der Waals surface area contributed by atoms with Crippen molar-refractivity contribution in [3.8, 4) is 11.4 Å². The summed E-state index contributed by atoms with van der Waals surface area (Å²) in [4.78, 5) is 19.2. The Morgan fingerprint density at radius 1 is 1.26 bits per heavy atom. The number of hydrogen-bond donors (Lipinski definition) is 1. The van der Waals surface area contributed by atoms with Crippen LogP contribution in [0, 0.1) is 12.7 Å². The van der Waals surface area contributed by atoms with E-state index in [9.17, 15) is 14.3 Å². The average Bonchev–Trinajstić information content (AvgIpc) is 3.24. The fraction of sp³-hybridized carbons (Fsp3) is 0.308. The molecule has 0 spiro atoms. The van der Waals surface area contributed by atoms with E-state index in [1.807, 2.05) is 42.8 Å². The standard InChI is InChI=1S/C26H28FN3O4/c1-16-13-29(15-28-16)22-10-5-19(11-23(22)33-4)12-24-26(32)30(14-17(2)34-24)25(18(3)31)20-6-8-21(27)9-7-20/h5-13,15,17-18,25,31H,14H2,1-4H3/b24-12-/t17-,18+,25-/m0/s1. The van der Waals surface area contributed by atoms with Crippen molar-refractivity contribution in [1.29, 1.82) is 0 Å². The van der Waals surface area contributed by atoms with E-state index in [4.69, 9.17) is 9.47 Å². The second-order valence-electron chi connectivity index (χ2n) is 8.49. The summed E-state index contributed by atoms with van der Waals surface area (Å²) in [6.07, 6.45) is 4.12. The molecule has 1 aliphatic heterocycles. The quantitative estimate of drug-likeness (QED) is 0.556. The number of methoxy groups -OCH3 is 1. The van der Waals surface area contributed by atoms with Crippen LogP contribution >= 0.6 is 0 Å². The van der Waals surface area contributed by atoms with Gasteiger partial charge in [-0.25, -0.2) is 9.37 Å². The molecule has 0 bridgehead atoms. The molecule has 0 aliphatic carbocycles. The van der Waals surface area contributed by atoms with Crippen LogP contribution in [0.5, 0.6) is 5.75 Å². The lowest BCUT2D eigenvalue weighted by molar-refractivity contribution is -0.145. The fourth-order valence-electron chi connectivity index (χ4n) is 4.22. The van der Waals surface area contributed by atoms with E-state index >= 15 is 0 Å². The molecule has 1 aromatic heterocycles. The molecule has 2 aromatic carbocycles. The number of aliphatic hydroxyl groups excluding tert-OH is 1. The first-order valence-electron chi connectivity index (χ1n) is 11.1. The van der Waals surface area contributed by atoms with E-state index in [0.29, 0.717) is 17.9 Å². The van der Waals surface area contributed by atoms with E-state index in [2.05, 4.69) is 4.98 Å². The molecule has 7 nitrogen and oxygen atoms in total. The molecule has 1 amide bonds. The van der Waals surface area contributed by atoms with Crippen molar-refractivity contribution in [3.63, 3.8) is 0 Å². The molecule has 3 atom stereocenters. The van der Waals surface area contributed by atoms with E-state index in [-0.39, 0.29) is 23.6 Å². The number of benzene rings is 2. The monoisotopic (exact) mass is 465 g/mol. The number of aliphatic hydroxyl groups is 1. The third-order valence-corrected chi connectivity index (χ3v) is 5.75. The molecule has 0 unspecified atom stereocenters. The number of carbonyl (C=O) groups is 1. The number of morpholine rings is 1. The SMILES string of the molecule is COc1cc(/C=C2\O[C@@H](C)CN([C@H](c3ccc(F)cc3)[C@@H](C)O)C2=O)ccc1-n1cnc(C)c1. The number of aryl methyl sites for hydroxylation is 1. The Morgan fingerprint density at radius 2 is 2.00 bits per heavy atom. The number of ether oxygens (including phenoxy) is 2. The van der Waals surface area contributed by atoms with E-state index < -0.39 is 12.1 Å². The Labute approximate surface area is 198 Å². The first-order chi connectivity index (χ1) is 16.3. The summed E-state index contributed by atoms with van der Waals surface area (Å²) in [5.41, 5.74) is 3.09. The number of carbonyl (C=O) groups excluding carboxylic acids is 1. The van der Waals surface area contributed by atoms with Gasteiger partial charge in [-0.2, -0.15) is 0 Å². The predicted molar refractivity (Wildman–Crippen MR) is 126 cm³/mol. The number of rotatable bonds is 6. The molecule has 34 heavy (non-hydrogen) atoms. The fourth-order valence-corrected chi connectivity index (χ4v) is 4.22. The van der Waals surface area contributed by atoms with Crippen LogP contribution < -0.4 is 4.74 Å². The summed E-state index contributed by atoms with van der Waals surface area (Å²) >= 11 is 0. The van der Waals surface area contributed by atoms with Crippen LogP contribution in [-0.2, 0) is 9.53 Å². The van der Waals surface area contributed by atoms with Crippen LogP contribution in [0.15, 0.2) is 60.7 Å². The van der Waals surface area contributed by atoms with Crippen LogP contribution in [0.25, 0.3) is 11.8 Å². The first-order valence-corrected chi connectivity index (χ1v) is 11.1. The van der Waals surface area contributed by atoms with Crippen molar-refractivity contribution in [3.05, 3.63) is 83.4 Å². The minimum atomic E-state index is -0.862. The van der Waals surface area contributed by atoms with Gasteiger partial charge in [0.2, 0.25) is 0 Å². The number of nitrogens with zero attached hydrogens (tertiary/aromatic N) is 3. The van der Waals surface area contributed by atoms with Gasteiger partial charge >= 0.3 is 0 Å². The second kappa shape index (κ2) is 9.69. The average molecular weight is 466 g/mol. The van der Waals surface area contributed by atoms with Crippen molar-refractivity contribution in [1.82, 2.24) is 14.5 Å². The second-order valence-corrected chi connectivity index (χ2v) is 8.49. The van der Waals surface area contributed by atoms with Crippen molar-refractivity contribution in [2.75, 3.05) is 13.7 Å². The highest BCUT2D eigenvalue weighted by Crippen LogP contribution is 2.32. The highest BCUT2D eigenvalue weighted by Gasteiger charge is 2.36. The molecular formula is C26H28FN3O4. The zero-order valence-corrected chi connectivity index (χ0v) is 19.6. The summed E-state index contributed by atoms with van der Waals surface area (Å²) in [5.74, 6) is 0.0630. The van der Waals surface area contributed by atoms with Crippen LogP contribution in [0.3, 0.4) is 0 Å².